The normalized spacial score (nSPS) is 24.7. The van der Waals surface area contributed by atoms with E-state index in [2.05, 4.69) is 71.5 Å². The van der Waals surface area contributed by atoms with E-state index in [0.717, 1.165) is 64.7 Å². The van der Waals surface area contributed by atoms with Crippen LogP contribution in [0.3, 0.4) is 0 Å². The molecule has 0 radical (unpaired) electrons. The van der Waals surface area contributed by atoms with Gasteiger partial charge in [0, 0.05) is 58.4 Å². The predicted molar refractivity (Wildman–Crippen MR) is 125 cm³/mol. The van der Waals surface area contributed by atoms with E-state index in [1.54, 1.807) is 0 Å². The molecule has 3 rings (SSSR count). The van der Waals surface area contributed by atoms with Gasteiger partial charge in [0.15, 0.2) is 5.96 Å². The minimum atomic E-state index is 0.337. The summed E-state index contributed by atoms with van der Waals surface area (Å²) in [5, 5.41) is 7.10. The second-order valence-electron chi connectivity index (χ2n) is 8.81. The van der Waals surface area contributed by atoms with Crippen molar-refractivity contribution in [2.45, 2.75) is 64.8 Å². The molecule has 2 atom stereocenters. The number of likely N-dealkylation sites (tertiary alicyclic amines) is 1. The molecule has 2 fully saturated rings. The molecule has 2 aliphatic rings. The smallest absolute Gasteiger partial charge is 0.191 e. The van der Waals surface area contributed by atoms with E-state index in [1.165, 1.54) is 18.4 Å². The number of hydrogen-bond donors (Lipinski definition) is 2. The van der Waals surface area contributed by atoms with E-state index in [-0.39, 0.29) is 0 Å². The van der Waals surface area contributed by atoms with Crippen LogP contribution in [0.2, 0.25) is 0 Å². The van der Waals surface area contributed by atoms with E-state index in [0.29, 0.717) is 18.2 Å². The molecule has 0 amide bonds. The minimum absolute atomic E-state index is 0.337. The van der Waals surface area contributed by atoms with Gasteiger partial charge < -0.3 is 15.4 Å². The molecule has 6 nitrogen and oxygen atoms in total. The molecule has 0 aliphatic carbocycles. The van der Waals surface area contributed by atoms with E-state index < -0.39 is 0 Å². The largest absolute Gasteiger partial charge is 0.373 e. The Morgan fingerprint density at radius 3 is 2.43 bits per heavy atom. The van der Waals surface area contributed by atoms with Crippen molar-refractivity contribution in [2.75, 3.05) is 45.8 Å². The molecule has 0 spiro atoms. The monoisotopic (exact) mass is 415 g/mol. The summed E-state index contributed by atoms with van der Waals surface area (Å²) in [6.07, 6.45) is 4.10. The first-order valence-electron chi connectivity index (χ1n) is 11.8. The summed E-state index contributed by atoms with van der Waals surface area (Å²) < 4.78 is 5.83. The van der Waals surface area contributed by atoms with Gasteiger partial charge in [0.25, 0.3) is 0 Å². The van der Waals surface area contributed by atoms with Crippen LogP contribution in [0.25, 0.3) is 0 Å². The Morgan fingerprint density at radius 2 is 1.77 bits per heavy atom. The van der Waals surface area contributed by atoms with Crippen molar-refractivity contribution in [3.8, 4) is 0 Å². The third kappa shape index (κ3) is 7.89. The van der Waals surface area contributed by atoms with E-state index in [4.69, 9.17) is 9.73 Å². The van der Waals surface area contributed by atoms with Crippen LogP contribution in [0.4, 0.5) is 0 Å². The number of nitrogens with one attached hydrogen (secondary N) is 2. The zero-order chi connectivity index (χ0) is 21.2. The van der Waals surface area contributed by atoms with Crippen LogP contribution in [-0.4, -0.2) is 79.8 Å². The topological polar surface area (TPSA) is 52.1 Å². The molecule has 30 heavy (non-hydrogen) atoms. The number of benzene rings is 1. The maximum absolute atomic E-state index is 5.83. The zero-order valence-electron chi connectivity index (χ0n) is 19.1. The fourth-order valence-electron chi connectivity index (χ4n) is 4.54. The highest BCUT2D eigenvalue weighted by molar-refractivity contribution is 5.80. The van der Waals surface area contributed by atoms with Crippen molar-refractivity contribution in [3.63, 3.8) is 0 Å². The lowest BCUT2D eigenvalue weighted by atomic mass is 10.0. The van der Waals surface area contributed by atoms with E-state index in [9.17, 15) is 0 Å². The number of ether oxygens (including phenoxy) is 1. The quantitative estimate of drug-likeness (QED) is 0.388. The molecular weight excluding hydrogens is 374 g/mol. The van der Waals surface area contributed by atoms with Crippen LogP contribution in [-0.2, 0) is 11.3 Å². The van der Waals surface area contributed by atoms with Gasteiger partial charge in [0.2, 0.25) is 0 Å². The number of aliphatic imine (C=N–C) groups is 1. The molecule has 1 aromatic carbocycles. The lowest BCUT2D eigenvalue weighted by molar-refractivity contribution is -0.0679. The van der Waals surface area contributed by atoms with Crippen LogP contribution in [0.5, 0.6) is 0 Å². The molecule has 0 bridgehead atoms. The fraction of sp³-hybridized carbons (Fsp3) is 0.708. The number of hydrogen-bond acceptors (Lipinski definition) is 4. The zero-order valence-corrected chi connectivity index (χ0v) is 19.1. The van der Waals surface area contributed by atoms with Crippen LogP contribution in [0, 0.1) is 0 Å². The molecule has 0 aromatic heterocycles. The Balaban J connectivity index is 1.37. The van der Waals surface area contributed by atoms with Gasteiger partial charge in [-0.05, 0) is 45.6 Å². The summed E-state index contributed by atoms with van der Waals surface area (Å²) in [6.45, 7) is 14.7. The van der Waals surface area contributed by atoms with Crippen LogP contribution in [0.15, 0.2) is 35.3 Å². The summed E-state index contributed by atoms with van der Waals surface area (Å²) in [5.41, 5.74) is 1.41. The summed E-state index contributed by atoms with van der Waals surface area (Å²) in [5.74, 6) is 0.975. The van der Waals surface area contributed by atoms with E-state index >= 15 is 0 Å². The highest BCUT2D eigenvalue weighted by Crippen LogP contribution is 2.14. The highest BCUT2D eigenvalue weighted by Gasteiger charge is 2.22. The average molecular weight is 416 g/mol. The molecule has 1 aromatic rings. The summed E-state index contributed by atoms with van der Waals surface area (Å²) in [4.78, 5) is 9.91. The molecule has 2 aliphatic heterocycles. The van der Waals surface area contributed by atoms with Gasteiger partial charge in [-0.15, -0.1) is 0 Å². The molecule has 0 saturated carbocycles. The fourth-order valence-corrected chi connectivity index (χ4v) is 4.54. The molecular formula is C24H41N5O. The Labute approximate surface area is 183 Å². The van der Waals surface area contributed by atoms with Gasteiger partial charge in [0.1, 0.15) is 0 Å². The lowest BCUT2D eigenvalue weighted by Gasteiger charge is -2.35. The van der Waals surface area contributed by atoms with Crippen LogP contribution >= 0.6 is 0 Å². The Morgan fingerprint density at radius 1 is 1.07 bits per heavy atom. The van der Waals surface area contributed by atoms with Crippen molar-refractivity contribution >= 4 is 5.96 Å². The van der Waals surface area contributed by atoms with Crippen LogP contribution < -0.4 is 10.6 Å². The first kappa shape index (κ1) is 23.0. The minimum Gasteiger partial charge on any atom is -0.373 e. The van der Waals surface area contributed by atoms with Crippen molar-refractivity contribution in [1.29, 1.82) is 0 Å². The third-order valence-corrected chi connectivity index (χ3v) is 5.92. The molecule has 2 unspecified atom stereocenters. The Kier molecular flexibility index (Phi) is 9.43. The van der Waals surface area contributed by atoms with Crippen molar-refractivity contribution in [3.05, 3.63) is 35.9 Å². The van der Waals surface area contributed by atoms with Gasteiger partial charge in [-0.2, -0.15) is 0 Å². The maximum atomic E-state index is 5.83. The Bertz CT molecular complexity index is 620. The number of piperidine rings is 1. The third-order valence-electron chi connectivity index (χ3n) is 5.92. The molecule has 6 heteroatoms. The average Bonchev–Trinajstić information content (AvgIpc) is 2.73. The first-order chi connectivity index (χ1) is 14.6. The van der Waals surface area contributed by atoms with Gasteiger partial charge in [-0.25, -0.2) is 0 Å². The van der Waals surface area contributed by atoms with Crippen molar-refractivity contribution < 1.29 is 4.74 Å². The lowest BCUT2D eigenvalue weighted by Crippen LogP contribution is -2.48. The second-order valence-corrected chi connectivity index (χ2v) is 8.81. The molecule has 2 saturated heterocycles. The van der Waals surface area contributed by atoms with Crippen LogP contribution in [0.1, 0.15) is 45.6 Å². The SMILES string of the molecule is CCNC(=NCCCN1CC(C)OC(C)C1)NC1CCN(Cc2ccccc2)CC1. The summed E-state index contributed by atoms with van der Waals surface area (Å²) in [7, 11) is 0. The van der Waals surface area contributed by atoms with E-state index in [1.807, 2.05) is 0 Å². The molecule has 2 N–H and O–H groups in total. The second kappa shape index (κ2) is 12.3. The summed E-state index contributed by atoms with van der Waals surface area (Å²) >= 11 is 0. The maximum Gasteiger partial charge on any atom is 0.191 e. The first-order valence-corrected chi connectivity index (χ1v) is 11.8. The molecule has 168 valence electrons. The van der Waals surface area contributed by atoms with Crippen molar-refractivity contribution in [1.82, 2.24) is 20.4 Å². The highest BCUT2D eigenvalue weighted by atomic mass is 16.5. The molecule has 2 heterocycles. The van der Waals surface area contributed by atoms with Gasteiger partial charge in [-0.3, -0.25) is 14.8 Å². The number of guanidine groups is 1. The summed E-state index contributed by atoms with van der Waals surface area (Å²) in [6, 6.07) is 11.3. The van der Waals surface area contributed by atoms with Gasteiger partial charge >= 0.3 is 0 Å². The number of morpholine rings is 1. The Hall–Kier alpha value is -1.63. The van der Waals surface area contributed by atoms with Crippen molar-refractivity contribution in [2.24, 2.45) is 4.99 Å². The van der Waals surface area contributed by atoms with Gasteiger partial charge in [0.05, 0.1) is 12.2 Å². The standard InChI is InChI=1S/C24H41N5O/c1-4-25-24(26-13-8-14-29-17-20(2)30-21(3)18-29)27-23-11-15-28(16-12-23)19-22-9-6-5-7-10-22/h5-7,9-10,20-21,23H,4,8,11-19H2,1-3H3,(H2,25,26,27). The van der Waals surface area contributed by atoms with Gasteiger partial charge in [-0.1, -0.05) is 30.3 Å². The number of rotatable bonds is 8. The number of nitrogens with zero attached hydrogens (tertiary/aromatic N) is 3. The predicted octanol–water partition coefficient (Wildman–Crippen LogP) is 2.71.